The first kappa shape index (κ1) is 16.6. The topological polar surface area (TPSA) is 41.6 Å². The molecule has 1 aromatic carbocycles. The predicted molar refractivity (Wildman–Crippen MR) is 88.9 cm³/mol. The minimum absolute atomic E-state index is 0.192. The first-order valence-corrected chi connectivity index (χ1v) is 8.23. The van der Waals surface area contributed by atoms with Crippen LogP contribution in [0.15, 0.2) is 22.7 Å². The fraction of sp³-hybridized carbons (Fsp3) is 0.533. The van der Waals surface area contributed by atoms with E-state index in [4.69, 9.17) is 16.3 Å². The van der Waals surface area contributed by atoms with Crippen LogP contribution in [0, 0.1) is 0 Å². The van der Waals surface area contributed by atoms with Crippen molar-refractivity contribution in [2.75, 3.05) is 32.1 Å². The molecule has 1 aromatic rings. The quantitative estimate of drug-likeness (QED) is 0.817. The number of nitrogens with zero attached hydrogens (tertiary/aromatic N) is 1. The van der Waals surface area contributed by atoms with Gasteiger partial charge in [0.05, 0.1) is 11.6 Å². The number of esters is 1. The maximum atomic E-state index is 12.5. The Balaban J connectivity index is 2.26. The van der Waals surface area contributed by atoms with E-state index in [2.05, 4.69) is 26.1 Å². The van der Waals surface area contributed by atoms with Crippen molar-refractivity contribution in [3.05, 3.63) is 27.7 Å². The van der Waals surface area contributed by atoms with Crippen molar-refractivity contribution < 1.29 is 9.53 Å². The number of carbonyl (C=O) groups is 1. The lowest BCUT2D eigenvalue weighted by molar-refractivity contribution is -0.150. The second kappa shape index (κ2) is 6.99. The number of anilines is 1. The third kappa shape index (κ3) is 3.90. The van der Waals surface area contributed by atoms with Crippen LogP contribution in [0.1, 0.15) is 19.8 Å². The fourth-order valence-corrected chi connectivity index (χ4v) is 3.21. The molecular formula is C15H20BrClN2O2. The average Bonchev–Trinajstić information content (AvgIpc) is 2.43. The Morgan fingerprint density at radius 2 is 2.33 bits per heavy atom. The molecule has 0 aliphatic carbocycles. The minimum Gasteiger partial charge on any atom is -0.464 e. The van der Waals surface area contributed by atoms with Crippen LogP contribution in [0.5, 0.6) is 0 Å². The molecule has 2 rings (SSSR count). The van der Waals surface area contributed by atoms with E-state index in [1.54, 1.807) is 6.07 Å². The summed E-state index contributed by atoms with van der Waals surface area (Å²) in [4.78, 5) is 14.6. The van der Waals surface area contributed by atoms with Crippen LogP contribution in [0.3, 0.4) is 0 Å². The number of nitrogens with one attached hydrogen (secondary N) is 1. The summed E-state index contributed by atoms with van der Waals surface area (Å²) in [7, 11) is 2.02. The van der Waals surface area contributed by atoms with Crippen molar-refractivity contribution in [2.45, 2.75) is 25.3 Å². The van der Waals surface area contributed by atoms with Crippen molar-refractivity contribution in [3.63, 3.8) is 0 Å². The lowest BCUT2D eigenvalue weighted by Gasteiger charge is -2.40. The molecule has 0 aromatic heterocycles. The van der Waals surface area contributed by atoms with Gasteiger partial charge in [0.1, 0.15) is 5.54 Å². The zero-order chi connectivity index (χ0) is 15.5. The lowest BCUT2D eigenvalue weighted by atomic mass is 9.88. The Kier molecular flexibility index (Phi) is 5.52. The molecule has 0 spiro atoms. The van der Waals surface area contributed by atoms with Gasteiger partial charge >= 0.3 is 5.97 Å². The van der Waals surface area contributed by atoms with E-state index in [9.17, 15) is 4.79 Å². The van der Waals surface area contributed by atoms with E-state index in [0.29, 0.717) is 18.2 Å². The zero-order valence-electron chi connectivity index (χ0n) is 12.3. The summed E-state index contributed by atoms with van der Waals surface area (Å²) in [5.74, 6) is -0.192. The van der Waals surface area contributed by atoms with Crippen molar-refractivity contribution in [2.24, 2.45) is 0 Å². The van der Waals surface area contributed by atoms with Gasteiger partial charge in [-0.1, -0.05) is 11.6 Å². The minimum atomic E-state index is -0.698. The van der Waals surface area contributed by atoms with Gasteiger partial charge in [-0.15, -0.1) is 0 Å². The molecule has 1 heterocycles. The van der Waals surface area contributed by atoms with Gasteiger partial charge in [0.2, 0.25) is 0 Å². The molecule has 1 unspecified atom stereocenters. The monoisotopic (exact) mass is 374 g/mol. The van der Waals surface area contributed by atoms with Gasteiger partial charge in [0.25, 0.3) is 0 Å². The van der Waals surface area contributed by atoms with Crippen LogP contribution < -0.4 is 5.32 Å². The molecule has 0 radical (unpaired) electrons. The third-order valence-corrected chi connectivity index (χ3v) is 4.87. The van der Waals surface area contributed by atoms with Gasteiger partial charge in [-0.25, -0.2) is 4.79 Å². The van der Waals surface area contributed by atoms with Crippen LogP contribution >= 0.6 is 27.5 Å². The number of benzene rings is 1. The van der Waals surface area contributed by atoms with Gasteiger partial charge < -0.3 is 15.0 Å². The molecule has 1 atom stereocenters. The van der Waals surface area contributed by atoms with Crippen LogP contribution in [-0.2, 0) is 9.53 Å². The number of ether oxygens (including phenoxy) is 1. The molecule has 0 saturated carbocycles. The maximum Gasteiger partial charge on any atom is 0.333 e. The first-order chi connectivity index (χ1) is 9.97. The second-order valence-electron chi connectivity index (χ2n) is 5.40. The standard InChI is InChI=1S/C15H20BrClN2O2/c1-3-21-14(20)15(7-4-8-19(2)10-15)18-11-5-6-13(17)12(16)9-11/h5-6,9,18H,3-4,7-8,10H2,1-2H3. The normalized spacial score (nSPS) is 22.9. The summed E-state index contributed by atoms with van der Waals surface area (Å²) in [5, 5.41) is 4.02. The van der Waals surface area contributed by atoms with E-state index >= 15 is 0 Å². The molecule has 1 fully saturated rings. The van der Waals surface area contributed by atoms with E-state index in [0.717, 1.165) is 29.5 Å². The van der Waals surface area contributed by atoms with Gasteiger partial charge in [0, 0.05) is 16.7 Å². The van der Waals surface area contributed by atoms with Gasteiger partial charge in [-0.2, -0.15) is 0 Å². The highest BCUT2D eigenvalue weighted by atomic mass is 79.9. The molecule has 1 N–H and O–H groups in total. The summed E-state index contributed by atoms with van der Waals surface area (Å²) >= 11 is 9.43. The summed E-state index contributed by atoms with van der Waals surface area (Å²) in [6, 6.07) is 5.57. The molecule has 116 valence electrons. The number of carbonyl (C=O) groups excluding carboxylic acids is 1. The van der Waals surface area contributed by atoms with Gasteiger partial charge in [0.15, 0.2) is 0 Å². The number of rotatable bonds is 4. The molecule has 0 bridgehead atoms. The molecule has 4 nitrogen and oxygen atoms in total. The average molecular weight is 376 g/mol. The van der Waals surface area contributed by atoms with E-state index in [1.807, 2.05) is 26.1 Å². The molecule has 6 heteroatoms. The van der Waals surface area contributed by atoms with Crippen LogP contribution in [0.2, 0.25) is 5.02 Å². The Morgan fingerprint density at radius 1 is 1.57 bits per heavy atom. The van der Waals surface area contributed by atoms with Crippen molar-refractivity contribution in [3.8, 4) is 0 Å². The molecule has 1 aliphatic heterocycles. The zero-order valence-corrected chi connectivity index (χ0v) is 14.6. The second-order valence-corrected chi connectivity index (χ2v) is 6.66. The SMILES string of the molecule is CCOC(=O)C1(Nc2ccc(Cl)c(Br)c2)CCCN(C)C1. The van der Waals surface area contributed by atoms with E-state index in [1.165, 1.54) is 0 Å². The summed E-state index contributed by atoms with van der Waals surface area (Å²) in [6.45, 7) is 3.84. The molecule has 1 aliphatic rings. The number of halogens is 2. The molecular weight excluding hydrogens is 356 g/mol. The fourth-order valence-electron chi connectivity index (χ4n) is 2.71. The molecule has 0 amide bonds. The van der Waals surface area contributed by atoms with E-state index < -0.39 is 5.54 Å². The first-order valence-electron chi connectivity index (χ1n) is 7.06. The Bertz CT molecular complexity index is 526. The highest BCUT2D eigenvalue weighted by Gasteiger charge is 2.42. The highest BCUT2D eigenvalue weighted by Crippen LogP contribution is 2.31. The van der Waals surface area contributed by atoms with Gasteiger partial charge in [-0.05, 0) is 67.5 Å². The van der Waals surface area contributed by atoms with Crippen molar-refractivity contribution in [1.29, 1.82) is 0 Å². The molecule has 21 heavy (non-hydrogen) atoms. The Morgan fingerprint density at radius 3 is 2.95 bits per heavy atom. The third-order valence-electron chi connectivity index (χ3n) is 3.65. The predicted octanol–water partition coefficient (Wildman–Crippen LogP) is 3.54. The van der Waals surface area contributed by atoms with Crippen molar-refractivity contribution >= 4 is 39.2 Å². The summed E-state index contributed by atoms with van der Waals surface area (Å²) < 4.78 is 6.10. The Labute approximate surface area is 138 Å². The number of likely N-dealkylation sites (N-methyl/N-ethyl adjacent to an activating group) is 1. The number of hydrogen-bond donors (Lipinski definition) is 1. The largest absolute Gasteiger partial charge is 0.464 e. The smallest absolute Gasteiger partial charge is 0.333 e. The molecule has 1 saturated heterocycles. The highest BCUT2D eigenvalue weighted by molar-refractivity contribution is 9.10. The van der Waals surface area contributed by atoms with Crippen LogP contribution in [0.4, 0.5) is 5.69 Å². The van der Waals surface area contributed by atoms with Crippen LogP contribution in [-0.4, -0.2) is 43.2 Å². The summed E-state index contributed by atoms with van der Waals surface area (Å²) in [6.07, 6.45) is 1.72. The van der Waals surface area contributed by atoms with Crippen molar-refractivity contribution in [1.82, 2.24) is 4.90 Å². The number of hydrogen-bond acceptors (Lipinski definition) is 4. The number of likely N-dealkylation sites (tertiary alicyclic amines) is 1. The van der Waals surface area contributed by atoms with Crippen LogP contribution in [0.25, 0.3) is 0 Å². The van der Waals surface area contributed by atoms with Gasteiger partial charge in [-0.3, -0.25) is 0 Å². The number of piperidine rings is 1. The maximum absolute atomic E-state index is 12.5. The lowest BCUT2D eigenvalue weighted by Crippen LogP contribution is -2.57. The summed E-state index contributed by atoms with van der Waals surface area (Å²) in [5.41, 5.74) is 0.158. The Hall–Kier alpha value is -0.780. The van der Waals surface area contributed by atoms with E-state index in [-0.39, 0.29) is 5.97 Å².